The van der Waals surface area contributed by atoms with Crippen molar-refractivity contribution in [3.63, 3.8) is 0 Å². The number of carboxylic acids is 1. The summed E-state index contributed by atoms with van der Waals surface area (Å²) < 4.78 is 11.3. The second kappa shape index (κ2) is 9.05. The van der Waals surface area contributed by atoms with Crippen LogP contribution in [0, 0.1) is 20.8 Å². The molecule has 2 aromatic heterocycles. The minimum Gasteiger partial charge on any atom is -0.493 e. The Morgan fingerprint density at radius 1 is 1.06 bits per heavy atom. The highest BCUT2D eigenvalue weighted by Crippen LogP contribution is 2.19. The molecule has 0 spiro atoms. The maximum Gasteiger partial charge on any atom is 0.358 e. The standard InChI is InChI=1S/C24H24N4O4/c1-15-6-4-8-19(12-15)28-26-22(23(27-28)24(29)30)14-18-7-5-9-20(13-18)31-11-10-21-16(2)32-17(3)25-21/h4-9,12-13H,10-11,14H2,1-3H3,(H,29,30). The molecule has 0 saturated heterocycles. The van der Waals surface area contributed by atoms with Crippen molar-refractivity contribution in [3.05, 3.63) is 88.4 Å². The molecule has 1 N–H and O–H groups in total. The van der Waals surface area contributed by atoms with Crippen LogP contribution >= 0.6 is 0 Å². The highest BCUT2D eigenvalue weighted by molar-refractivity contribution is 5.86. The highest BCUT2D eigenvalue weighted by Gasteiger charge is 2.19. The van der Waals surface area contributed by atoms with Crippen molar-refractivity contribution in [1.29, 1.82) is 0 Å². The smallest absolute Gasteiger partial charge is 0.358 e. The van der Waals surface area contributed by atoms with Gasteiger partial charge in [-0.1, -0.05) is 24.3 Å². The summed E-state index contributed by atoms with van der Waals surface area (Å²) in [7, 11) is 0. The van der Waals surface area contributed by atoms with E-state index in [1.807, 2.05) is 69.3 Å². The van der Waals surface area contributed by atoms with Crippen LogP contribution in [0.1, 0.15) is 44.7 Å². The van der Waals surface area contributed by atoms with Crippen molar-refractivity contribution >= 4 is 5.97 Å². The van der Waals surface area contributed by atoms with E-state index in [-0.39, 0.29) is 5.69 Å². The van der Waals surface area contributed by atoms with E-state index in [1.54, 1.807) is 0 Å². The summed E-state index contributed by atoms with van der Waals surface area (Å²) in [6, 6.07) is 15.1. The molecule has 0 atom stereocenters. The molecule has 164 valence electrons. The van der Waals surface area contributed by atoms with Gasteiger partial charge in [0.1, 0.15) is 17.2 Å². The summed E-state index contributed by atoms with van der Waals surface area (Å²) >= 11 is 0. The minimum absolute atomic E-state index is 0.0605. The molecule has 0 saturated carbocycles. The largest absolute Gasteiger partial charge is 0.493 e. The van der Waals surface area contributed by atoms with E-state index in [4.69, 9.17) is 9.15 Å². The number of hydrogen-bond donors (Lipinski definition) is 1. The Hall–Kier alpha value is -3.94. The lowest BCUT2D eigenvalue weighted by molar-refractivity contribution is 0.0689. The van der Waals surface area contributed by atoms with Gasteiger partial charge in [-0.25, -0.2) is 9.78 Å². The fourth-order valence-electron chi connectivity index (χ4n) is 3.50. The third-order valence-corrected chi connectivity index (χ3v) is 5.00. The van der Waals surface area contributed by atoms with Crippen molar-refractivity contribution in [1.82, 2.24) is 20.0 Å². The van der Waals surface area contributed by atoms with Crippen LogP contribution in [-0.2, 0) is 12.8 Å². The van der Waals surface area contributed by atoms with Crippen molar-refractivity contribution in [2.45, 2.75) is 33.6 Å². The average Bonchev–Trinajstić information content (AvgIpc) is 3.31. The summed E-state index contributed by atoms with van der Waals surface area (Å²) in [4.78, 5) is 17.5. The van der Waals surface area contributed by atoms with Gasteiger partial charge in [0.15, 0.2) is 11.6 Å². The second-order valence-electron chi connectivity index (χ2n) is 7.59. The number of hydrogen-bond acceptors (Lipinski definition) is 6. The van der Waals surface area contributed by atoms with Crippen LogP contribution in [0.4, 0.5) is 0 Å². The fraction of sp³-hybridized carbons (Fsp3) is 0.250. The van der Waals surface area contributed by atoms with Crippen LogP contribution < -0.4 is 4.74 Å². The number of aromatic nitrogens is 4. The van der Waals surface area contributed by atoms with Gasteiger partial charge in [0.25, 0.3) is 0 Å². The molecule has 0 amide bonds. The van der Waals surface area contributed by atoms with E-state index in [0.29, 0.717) is 42.5 Å². The predicted molar refractivity (Wildman–Crippen MR) is 117 cm³/mol. The maximum absolute atomic E-state index is 11.7. The van der Waals surface area contributed by atoms with Crippen LogP contribution in [0.15, 0.2) is 52.9 Å². The maximum atomic E-state index is 11.7. The van der Waals surface area contributed by atoms with Crippen LogP contribution in [0.5, 0.6) is 5.75 Å². The Kier molecular flexibility index (Phi) is 6.02. The van der Waals surface area contributed by atoms with E-state index < -0.39 is 5.97 Å². The first-order valence-corrected chi connectivity index (χ1v) is 10.3. The van der Waals surface area contributed by atoms with E-state index >= 15 is 0 Å². The summed E-state index contributed by atoms with van der Waals surface area (Å²) in [5.41, 5.74) is 3.86. The van der Waals surface area contributed by atoms with Crippen molar-refractivity contribution < 1.29 is 19.1 Å². The van der Waals surface area contributed by atoms with E-state index in [0.717, 1.165) is 22.6 Å². The van der Waals surface area contributed by atoms with Crippen molar-refractivity contribution in [3.8, 4) is 11.4 Å². The molecule has 4 rings (SSSR count). The van der Waals surface area contributed by atoms with E-state index in [9.17, 15) is 9.90 Å². The first-order chi connectivity index (χ1) is 15.4. The average molecular weight is 432 g/mol. The Morgan fingerprint density at radius 2 is 1.88 bits per heavy atom. The molecule has 4 aromatic rings. The Bertz CT molecular complexity index is 1260. The normalized spacial score (nSPS) is 11.0. The molecular formula is C24H24N4O4. The number of benzene rings is 2. The Balaban J connectivity index is 1.49. The molecular weight excluding hydrogens is 408 g/mol. The van der Waals surface area contributed by atoms with Gasteiger partial charge < -0.3 is 14.3 Å². The van der Waals surface area contributed by atoms with Gasteiger partial charge in [-0.2, -0.15) is 9.90 Å². The minimum atomic E-state index is -1.11. The lowest BCUT2D eigenvalue weighted by Crippen LogP contribution is -2.04. The molecule has 0 unspecified atom stereocenters. The molecule has 2 aromatic carbocycles. The van der Waals surface area contributed by atoms with Gasteiger partial charge in [0, 0.05) is 19.8 Å². The number of aromatic carboxylic acids is 1. The molecule has 0 fully saturated rings. The molecule has 0 aliphatic rings. The van der Waals surface area contributed by atoms with Gasteiger partial charge in [-0.15, -0.1) is 5.10 Å². The lowest BCUT2D eigenvalue weighted by atomic mass is 10.1. The molecule has 8 nitrogen and oxygen atoms in total. The number of rotatable bonds is 8. The van der Waals surface area contributed by atoms with Gasteiger partial charge in [0.2, 0.25) is 0 Å². The monoisotopic (exact) mass is 432 g/mol. The van der Waals surface area contributed by atoms with E-state index in [2.05, 4.69) is 15.2 Å². The number of carboxylic acid groups (broad SMARTS) is 1. The predicted octanol–water partition coefficient (Wildman–Crippen LogP) is 4.09. The van der Waals surface area contributed by atoms with Gasteiger partial charge in [-0.3, -0.25) is 0 Å². The number of oxazole rings is 1. The summed E-state index contributed by atoms with van der Waals surface area (Å²) in [6.45, 7) is 6.13. The summed E-state index contributed by atoms with van der Waals surface area (Å²) in [5.74, 6) is 1.04. The third kappa shape index (κ3) is 4.85. The van der Waals surface area contributed by atoms with Gasteiger partial charge in [0.05, 0.1) is 18.0 Å². The molecule has 0 bridgehead atoms. The topological polar surface area (TPSA) is 103 Å². The van der Waals surface area contributed by atoms with E-state index in [1.165, 1.54) is 4.80 Å². The molecule has 0 radical (unpaired) electrons. The number of ether oxygens (including phenoxy) is 1. The molecule has 8 heteroatoms. The molecule has 32 heavy (non-hydrogen) atoms. The van der Waals surface area contributed by atoms with Crippen molar-refractivity contribution in [2.24, 2.45) is 0 Å². The van der Waals surface area contributed by atoms with Crippen LogP contribution in [0.25, 0.3) is 5.69 Å². The van der Waals surface area contributed by atoms with Crippen LogP contribution in [-0.4, -0.2) is 37.7 Å². The first-order valence-electron chi connectivity index (χ1n) is 10.3. The Labute approximate surface area is 185 Å². The number of nitrogens with zero attached hydrogens (tertiary/aromatic N) is 4. The van der Waals surface area contributed by atoms with Gasteiger partial charge in [-0.05, 0) is 49.2 Å². The van der Waals surface area contributed by atoms with Crippen LogP contribution in [0.3, 0.4) is 0 Å². The van der Waals surface area contributed by atoms with Crippen LogP contribution in [0.2, 0.25) is 0 Å². The zero-order chi connectivity index (χ0) is 22.7. The SMILES string of the molecule is Cc1cccc(-n2nc(Cc3cccc(OCCc4nc(C)oc4C)c3)c(C(=O)O)n2)c1. The highest BCUT2D eigenvalue weighted by atomic mass is 16.5. The summed E-state index contributed by atoms with van der Waals surface area (Å²) in [5, 5.41) is 18.2. The Morgan fingerprint density at radius 3 is 2.59 bits per heavy atom. The first kappa shape index (κ1) is 21.3. The zero-order valence-electron chi connectivity index (χ0n) is 18.2. The number of aryl methyl sites for hydroxylation is 3. The molecule has 0 aliphatic heterocycles. The molecule has 0 aliphatic carbocycles. The quantitative estimate of drug-likeness (QED) is 0.447. The number of carbonyl (C=O) groups is 1. The second-order valence-corrected chi connectivity index (χ2v) is 7.59. The lowest BCUT2D eigenvalue weighted by Gasteiger charge is -2.07. The van der Waals surface area contributed by atoms with Crippen molar-refractivity contribution in [2.75, 3.05) is 6.61 Å². The van der Waals surface area contributed by atoms with Gasteiger partial charge >= 0.3 is 5.97 Å². The third-order valence-electron chi connectivity index (χ3n) is 5.00. The fourth-order valence-corrected chi connectivity index (χ4v) is 3.50. The summed E-state index contributed by atoms with van der Waals surface area (Å²) in [6.07, 6.45) is 0.966. The zero-order valence-corrected chi connectivity index (χ0v) is 18.2. The molecule has 2 heterocycles.